The molecule has 0 heterocycles. The molecule has 0 radical (unpaired) electrons. The van der Waals surface area contributed by atoms with E-state index in [1.807, 2.05) is 13.8 Å². The molecule has 0 spiro atoms. The van der Waals surface area contributed by atoms with Crippen LogP contribution < -0.4 is 0 Å². The van der Waals surface area contributed by atoms with Gasteiger partial charge in [0, 0.05) is 6.42 Å². The molecule has 0 aromatic heterocycles. The maximum Gasteiger partial charge on any atom is 0.120 e. The van der Waals surface area contributed by atoms with Crippen LogP contribution in [0.1, 0.15) is 60.3 Å². The van der Waals surface area contributed by atoms with Gasteiger partial charge in [0.2, 0.25) is 0 Å². The molecule has 0 aliphatic heterocycles. The van der Waals surface area contributed by atoms with Gasteiger partial charge < -0.3 is 4.79 Å². The van der Waals surface area contributed by atoms with Crippen LogP contribution in [0.5, 0.6) is 0 Å². The van der Waals surface area contributed by atoms with Crippen LogP contribution in [0.25, 0.3) is 0 Å². The first-order valence-electron chi connectivity index (χ1n) is 7.19. The first-order chi connectivity index (χ1) is 8.44. The highest BCUT2D eigenvalue weighted by Gasteiger charge is 2.43. The Morgan fingerprint density at radius 2 is 1.94 bits per heavy atom. The quantitative estimate of drug-likeness (QED) is 0.485. The molecular formula is C17H30O. The average Bonchev–Trinajstić information content (AvgIpc) is 2.78. The topological polar surface area (TPSA) is 17.1 Å². The molecule has 0 N–H and O–H groups in total. The van der Waals surface area contributed by atoms with Gasteiger partial charge in [-0.3, -0.25) is 0 Å². The molecule has 0 bridgehead atoms. The summed E-state index contributed by atoms with van der Waals surface area (Å²) in [7, 11) is 0. The second kappa shape index (κ2) is 7.56. The molecular weight excluding hydrogens is 220 g/mol. The molecule has 1 nitrogen and oxygen atoms in total. The smallest absolute Gasteiger partial charge is 0.120 e. The van der Waals surface area contributed by atoms with Gasteiger partial charge in [0.1, 0.15) is 6.29 Å². The molecule has 104 valence electrons. The van der Waals surface area contributed by atoms with E-state index in [0.717, 1.165) is 19.1 Å². The Bertz CT molecular complexity index is 303. The summed E-state index contributed by atoms with van der Waals surface area (Å²) in [5.74, 6) is 1.03. The number of rotatable bonds is 5. The summed E-state index contributed by atoms with van der Waals surface area (Å²) in [6.07, 6.45) is 5.19. The van der Waals surface area contributed by atoms with Crippen molar-refractivity contribution in [1.29, 1.82) is 0 Å². The van der Waals surface area contributed by atoms with Crippen LogP contribution in [0.2, 0.25) is 0 Å². The van der Waals surface area contributed by atoms with E-state index in [0.29, 0.717) is 18.3 Å². The van der Waals surface area contributed by atoms with Crippen LogP contribution in [-0.4, -0.2) is 6.29 Å². The van der Waals surface area contributed by atoms with E-state index < -0.39 is 0 Å². The van der Waals surface area contributed by atoms with E-state index in [4.69, 9.17) is 0 Å². The predicted molar refractivity (Wildman–Crippen MR) is 80.6 cm³/mol. The summed E-state index contributed by atoms with van der Waals surface area (Å²) in [6.45, 7) is 18.6. The van der Waals surface area contributed by atoms with Gasteiger partial charge in [-0.1, -0.05) is 45.1 Å². The van der Waals surface area contributed by atoms with Gasteiger partial charge in [0.05, 0.1) is 0 Å². The molecule has 18 heavy (non-hydrogen) atoms. The van der Waals surface area contributed by atoms with Gasteiger partial charge in [-0.05, 0) is 50.4 Å². The fourth-order valence-electron chi connectivity index (χ4n) is 3.12. The highest BCUT2D eigenvalue weighted by Crippen LogP contribution is 2.53. The number of carbonyl (C=O) groups excluding carboxylic acids is 1. The number of hydrogen-bond acceptors (Lipinski definition) is 1. The standard InChI is InChI=1S/C15H24O.C2H6/c1-11(2)14-6-8-15(10-14,12(3)4)13(5)7-9-16;1-2/h9,13-14H,1,3,6-8,10H2,2,4-5H3;1-2H3/t13?,14-,15-;/m1./s1. The summed E-state index contributed by atoms with van der Waals surface area (Å²) >= 11 is 0. The van der Waals surface area contributed by atoms with Crippen LogP contribution in [0.15, 0.2) is 24.3 Å². The van der Waals surface area contributed by atoms with Crippen molar-refractivity contribution in [2.45, 2.75) is 60.3 Å². The van der Waals surface area contributed by atoms with Gasteiger partial charge in [0.25, 0.3) is 0 Å². The SMILES string of the molecule is C=C(C)[C@@H]1CC[C@@](C(=C)C)(C(C)CC=O)C1.CC. The largest absolute Gasteiger partial charge is 0.303 e. The molecule has 1 heteroatoms. The molecule has 1 aliphatic rings. The Hall–Kier alpha value is -0.850. The third kappa shape index (κ3) is 3.57. The van der Waals surface area contributed by atoms with Crippen LogP contribution in [0, 0.1) is 17.3 Å². The van der Waals surface area contributed by atoms with Crippen molar-refractivity contribution in [3.05, 3.63) is 24.3 Å². The fourth-order valence-corrected chi connectivity index (χ4v) is 3.12. The molecule has 1 fully saturated rings. The summed E-state index contributed by atoms with van der Waals surface area (Å²) in [4.78, 5) is 10.7. The van der Waals surface area contributed by atoms with Gasteiger partial charge in [-0.25, -0.2) is 0 Å². The van der Waals surface area contributed by atoms with Crippen LogP contribution in [0.3, 0.4) is 0 Å². The maximum absolute atomic E-state index is 10.7. The minimum Gasteiger partial charge on any atom is -0.303 e. The van der Waals surface area contributed by atoms with E-state index in [-0.39, 0.29) is 5.41 Å². The highest BCUT2D eigenvalue weighted by molar-refractivity contribution is 5.50. The zero-order valence-corrected chi connectivity index (χ0v) is 12.9. The Morgan fingerprint density at radius 3 is 2.28 bits per heavy atom. The predicted octanol–water partition coefficient (Wildman–Crippen LogP) is 5.18. The van der Waals surface area contributed by atoms with Crippen molar-refractivity contribution in [3.63, 3.8) is 0 Å². The number of allylic oxidation sites excluding steroid dienone is 2. The Labute approximate surface area is 113 Å². The molecule has 1 unspecified atom stereocenters. The lowest BCUT2D eigenvalue weighted by Crippen LogP contribution is -2.27. The zero-order chi connectivity index (χ0) is 14.3. The van der Waals surface area contributed by atoms with Crippen molar-refractivity contribution < 1.29 is 4.79 Å². The molecule has 3 atom stereocenters. The van der Waals surface area contributed by atoms with Crippen molar-refractivity contribution in [2.75, 3.05) is 0 Å². The minimum atomic E-state index is 0.171. The molecule has 0 aromatic rings. The molecule has 1 aliphatic carbocycles. The van der Waals surface area contributed by atoms with Crippen molar-refractivity contribution in [3.8, 4) is 0 Å². The fraction of sp³-hybridized carbons (Fsp3) is 0.706. The summed E-state index contributed by atoms with van der Waals surface area (Å²) in [5.41, 5.74) is 2.69. The molecule has 0 saturated heterocycles. The third-order valence-electron chi connectivity index (χ3n) is 4.49. The van der Waals surface area contributed by atoms with Crippen molar-refractivity contribution >= 4 is 6.29 Å². The second-order valence-corrected chi connectivity index (χ2v) is 5.53. The van der Waals surface area contributed by atoms with E-state index in [2.05, 4.69) is 33.9 Å². The minimum absolute atomic E-state index is 0.171. The lowest BCUT2D eigenvalue weighted by atomic mass is 9.68. The normalized spacial score (nSPS) is 27.9. The van der Waals surface area contributed by atoms with E-state index in [1.165, 1.54) is 17.6 Å². The number of aldehydes is 1. The summed E-state index contributed by atoms with van der Waals surface area (Å²) in [6, 6.07) is 0. The Kier molecular flexibility index (Phi) is 7.20. The van der Waals surface area contributed by atoms with E-state index in [1.54, 1.807) is 0 Å². The average molecular weight is 250 g/mol. The van der Waals surface area contributed by atoms with E-state index >= 15 is 0 Å². The lowest BCUT2D eigenvalue weighted by molar-refractivity contribution is -0.109. The first kappa shape index (κ1) is 17.2. The third-order valence-corrected chi connectivity index (χ3v) is 4.49. The second-order valence-electron chi connectivity index (χ2n) is 5.53. The molecule has 0 aromatic carbocycles. The van der Waals surface area contributed by atoms with Crippen molar-refractivity contribution in [1.82, 2.24) is 0 Å². The van der Waals surface area contributed by atoms with Gasteiger partial charge in [0.15, 0.2) is 0 Å². The van der Waals surface area contributed by atoms with Gasteiger partial charge in [-0.15, -0.1) is 0 Å². The number of carbonyl (C=O) groups is 1. The Balaban J connectivity index is 0.00000137. The van der Waals surface area contributed by atoms with Crippen LogP contribution in [0.4, 0.5) is 0 Å². The summed E-state index contributed by atoms with van der Waals surface area (Å²) < 4.78 is 0. The molecule has 1 saturated carbocycles. The zero-order valence-electron chi connectivity index (χ0n) is 12.9. The number of hydrogen-bond donors (Lipinski definition) is 0. The van der Waals surface area contributed by atoms with Gasteiger partial charge >= 0.3 is 0 Å². The summed E-state index contributed by atoms with van der Waals surface area (Å²) in [5, 5.41) is 0. The molecule has 1 rings (SSSR count). The lowest BCUT2D eigenvalue weighted by Gasteiger charge is -2.36. The van der Waals surface area contributed by atoms with Crippen LogP contribution in [-0.2, 0) is 4.79 Å². The van der Waals surface area contributed by atoms with Crippen molar-refractivity contribution in [2.24, 2.45) is 17.3 Å². The Morgan fingerprint density at radius 1 is 1.39 bits per heavy atom. The van der Waals surface area contributed by atoms with E-state index in [9.17, 15) is 4.79 Å². The highest BCUT2D eigenvalue weighted by atomic mass is 16.1. The molecule has 0 amide bonds. The first-order valence-corrected chi connectivity index (χ1v) is 7.19. The van der Waals surface area contributed by atoms with Crippen LogP contribution >= 0.6 is 0 Å². The monoisotopic (exact) mass is 250 g/mol. The van der Waals surface area contributed by atoms with Gasteiger partial charge in [-0.2, -0.15) is 0 Å². The maximum atomic E-state index is 10.7.